The number of carbonyl (C=O) groups excluding carboxylic acids is 2. The smallest absolute Gasteiger partial charge is 0.293 e. The molecule has 3 amide bonds. The van der Waals surface area contributed by atoms with E-state index < -0.39 is 0 Å². The molecule has 1 aliphatic rings. The second-order valence-corrected chi connectivity index (χ2v) is 4.42. The SMILES string of the molecule is CCCCN1C(=O)CCN(c2ccccc2)C1=O. The number of hydrogen-bond donors (Lipinski definition) is 0. The van der Waals surface area contributed by atoms with Gasteiger partial charge < -0.3 is 0 Å². The molecule has 1 fully saturated rings. The van der Waals surface area contributed by atoms with E-state index in [0.717, 1.165) is 18.5 Å². The van der Waals surface area contributed by atoms with Gasteiger partial charge in [0.2, 0.25) is 5.91 Å². The Kier molecular flexibility index (Phi) is 3.97. The summed E-state index contributed by atoms with van der Waals surface area (Å²) in [6.07, 6.45) is 2.24. The van der Waals surface area contributed by atoms with E-state index in [4.69, 9.17) is 0 Å². The monoisotopic (exact) mass is 246 g/mol. The van der Waals surface area contributed by atoms with Crippen LogP contribution in [-0.4, -0.2) is 29.9 Å². The number of rotatable bonds is 4. The highest BCUT2D eigenvalue weighted by Crippen LogP contribution is 2.20. The lowest BCUT2D eigenvalue weighted by atomic mass is 10.2. The summed E-state index contributed by atoms with van der Waals surface area (Å²) in [4.78, 5) is 27.1. The molecule has 0 atom stereocenters. The molecule has 0 aliphatic carbocycles. The maximum absolute atomic E-state index is 12.3. The van der Waals surface area contributed by atoms with Crippen LogP contribution in [0.25, 0.3) is 0 Å². The Hall–Kier alpha value is -1.84. The van der Waals surface area contributed by atoms with Crippen molar-refractivity contribution in [2.75, 3.05) is 18.0 Å². The first-order valence-electron chi connectivity index (χ1n) is 6.41. The third kappa shape index (κ3) is 2.53. The fraction of sp³-hybridized carbons (Fsp3) is 0.429. The summed E-state index contributed by atoms with van der Waals surface area (Å²) in [6.45, 7) is 3.05. The van der Waals surface area contributed by atoms with Crippen molar-refractivity contribution in [3.05, 3.63) is 30.3 Å². The van der Waals surface area contributed by atoms with E-state index in [1.165, 1.54) is 4.90 Å². The fourth-order valence-corrected chi connectivity index (χ4v) is 2.07. The average molecular weight is 246 g/mol. The van der Waals surface area contributed by atoms with Crippen LogP contribution in [0.4, 0.5) is 10.5 Å². The van der Waals surface area contributed by atoms with Gasteiger partial charge in [-0.3, -0.25) is 14.6 Å². The number of amides is 3. The quantitative estimate of drug-likeness (QED) is 0.819. The summed E-state index contributed by atoms with van der Waals surface area (Å²) in [5, 5.41) is 0. The molecule has 0 unspecified atom stereocenters. The summed E-state index contributed by atoms with van der Waals surface area (Å²) in [5.41, 5.74) is 0.858. The van der Waals surface area contributed by atoms with Crippen LogP contribution in [0, 0.1) is 0 Å². The van der Waals surface area contributed by atoms with Crippen molar-refractivity contribution in [3.63, 3.8) is 0 Å². The molecule has 2 rings (SSSR count). The van der Waals surface area contributed by atoms with Gasteiger partial charge in [-0.1, -0.05) is 31.5 Å². The topological polar surface area (TPSA) is 40.6 Å². The number of hydrogen-bond acceptors (Lipinski definition) is 2. The Morgan fingerprint density at radius 2 is 1.89 bits per heavy atom. The van der Waals surface area contributed by atoms with Gasteiger partial charge in [0.1, 0.15) is 0 Å². The molecule has 0 spiro atoms. The molecule has 1 aromatic rings. The van der Waals surface area contributed by atoms with Crippen LogP contribution in [-0.2, 0) is 4.79 Å². The molecule has 4 nitrogen and oxygen atoms in total. The van der Waals surface area contributed by atoms with E-state index >= 15 is 0 Å². The normalized spacial score (nSPS) is 16.3. The minimum Gasteiger partial charge on any atom is -0.293 e. The molecule has 1 aromatic carbocycles. The van der Waals surface area contributed by atoms with Crippen LogP contribution in [0.3, 0.4) is 0 Å². The third-order valence-electron chi connectivity index (χ3n) is 3.12. The first-order valence-corrected chi connectivity index (χ1v) is 6.41. The standard InChI is InChI=1S/C14H18N2O2/c1-2-3-10-16-13(17)9-11-15(14(16)18)12-7-5-4-6-8-12/h4-8H,2-3,9-11H2,1H3. The second kappa shape index (κ2) is 5.67. The lowest BCUT2D eigenvalue weighted by Gasteiger charge is -2.34. The molecule has 0 bridgehead atoms. The highest BCUT2D eigenvalue weighted by Gasteiger charge is 2.31. The zero-order valence-corrected chi connectivity index (χ0v) is 10.6. The molecule has 0 radical (unpaired) electrons. The lowest BCUT2D eigenvalue weighted by Crippen LogP contribution is -2.52. The van der Waals surface area contributed by atoms with Gasteiger partial charge in [-0.25, -0.2) is 4.79 Å². The largest absolute Gasteiger partial charge is 0.331 e. The number of para-hydroxylation sites is 1. The zero-order valence-electron chi connectivity index (χ0n) is 10.6. The van der Waals surface area contributed by atoms with Crippen molar-refractivity contribution in [3.8, 4) is 0 Å². The van der Waals surface area contributed by atoms with Crippen molar-refractivity contribution in [1.82, 2.24) is 4.90 Å². The molecule has 18 heavy (non-hydrogen) atoms. The zero-order chi connectivity index (χ0) is 13.0. The third-order valence-corrected chi connectivity index (χ3v) is 3.12. The van der Waals surface area contributed by atoms with Crippen molar-refractivity contribution < 1.29 is 9.59 Å². The molecule has 0 saturated carbocycles. The molecule has 0 aromatic heterocycles. The number of benzene rings is 1. The van der Waals surface area contributed by atoms with Crippen LogP contribution in [0.1, 0.15) is 26.2 Å². The van der Waals surface area contributed by atoms with Gasteiger partial charge in [-0.05, 0) is 18.6 Å². The Balaban J connectivity index is 2.14. The van der Waals surface area contributed by atoms with Gasteiger partial charge in [0.15, 0.2) is 0 Å². The van der Waals surface area contributed by atoms with Crippen LogP contribution >= 0.6 is 0 Å². The van der Waals surface area contributed by atoms with Crippen LogP contribution in [0.15, 0.2) is 30.3 Å². The predicted molar refractivity (Wildman–Crippen MR) is 70.4 cm³/mol. The highest BCUT2D eigenvalue weighted by molar-refractivity contribution is 6.05. The minimum atomic E-state index is -0.189. The second-order valence-electron chi connectivity index (χ2n) is 4.42. The van der Waals surface area contributed by atoms with Gasteiger partial charge in [0, 0.05) is 25.2 Å². The van der Waals surface area contributed by atoms with Gasteiger partial charge in [-0.15, -0.1) is 0 Å². The van der Waals surface area contributed by atoms with Crippen LogP contribution in [0.2, 0.25) is 0 Å². The number of urea groups is 1. The maximum atomic E-state index is 12.3. The first kappa shape index (κ1) is 12.6. The molecular formula is C14H18N2O2. The molecule has 4 heteroatoms. The number of imide groups is 1. The van der Waals surface area contributed by atoms with Crippen LogP contribution < -0.4 is 4.90 Å². The van der Waals surface area contributed by atoms with E-state index in [2.05, 4.69) is 0 Å². The summed E-state index contributed by atoms with van der Waals surface area (Å²) in [5.74, 6) is -0.0550. The summed E-state index contributed by atoms with van der Waals surface area (Å²) in [6, 6.07) is 9.31. The van der Waals surface area contributed by atoms with Gasteiger partial charge >= 0.3 is 6.03 Å². The first-order chi connectivity index (χ1) is 8.74. The van der Waals surface area contributed by atoms with E-state index in [0.29, 0.717) is 19.5 Å². The molecule has 0 N–H and O–H groups in total. The van der Waals surface area contributed by atoms with Crippen molar-refractivity contribution >= 4 is 17.6 Å². The Morgan fingerprint density at radius 1 is 1.17 bits per heavy atom. The Labute approximate surface area is 107 Å². The van der Waals surface area contributed by atoms with Crippen molar-refractivity contribution in [2.24, 2.45) is 0 Å². The summed E-state index contributed by atoms with van der Waals surface area (Å²) in [7, 11) is 0. The Morgan fingerprint density at radius 3 is 2.56 bits per heavy atom. The molecule has 1 saturated heterocycles. The summed E-state index contributed by atoms with van der Waals surface area (Å²) >= 11 is 0. The number of carbonyl (C=O) groups is 2. The van der Waals surface area contributed by atoms with E-state index in [-0.39, 0.29) is 11.9 Å². The number of nitrogens with zero attached hydrogens (tertiary/aromatic N) is 2. The molecule has 1 heterocycles. The van der Waals surface area contributed by atoms with Gasteiger partial charge in [0.25, 0.3) is 0 Å². The van der Waals surface area contributed by atoms with E-state index in [1.807, 2.05) is 37.3 Å². The average Bonchev–Trinajstić information content (AvgIpc) is 2.40. The van der Waals surface area contributed by atoms with Crippen molar-refractivity contribution in [2.45, 2.75) is 26.2 Å². The fourth-order valence-electron chi connectivity index (χ4n) is 2.07. The molecule has 1 aliphatic heterocycles. The highest BCUT2D eigenvalue weighted by atomic mass is 16.2. The lowest BCUT2D eigenvalue weighted by molar-refractivity contribution is -0.128. The molecular weight excluding hydrogens is 228 g/mol. The number of anilines is 1. The van der Waals surface area contributed by atoms with Gasteiger partial charge in [-0.2, -0.15) is 0 Å². The van der Waals surface area contributed by atoms with Crippen LogP contribution in [0.5, 0.6) is 0 Å². The van der Waals surface area contributed by atoms with Crippen molar-refractivity contribution in [1.29, 1.82) is 0 Å². The minimum absolute atomic E-state index is 0.0550. The summed E-state index contributed by atoms with van der Waals surface area (Å²) < 4.78 is 0. The molecule has 96 valence electrons. The van der Waals surface area contributed by atoms with E-state index in [9.17, 15) is 9.59 Å². The van der Waals surface area contributed by atoms with E-state index in [1.54, 1.807) is 4.90 Å². The maximum Gasteiger partial charge on any atom is 0.331 e. The number of unbranched alkanes of at least 4 members (excludes halogenated alkanes) is 1. The predicted octanol–water partition coefficient (Wildman–Crippen LogP) is 2.65. The van der Waals surface area contributed by atoms with Gasteiger partial charge in [0.05, 0.1) is 0 Å². The Bertz CT molecular complexity index is 431.